The molecule has 2 heterocycles. The van der Waals surface area contributed by atoms with E-state index in [1.807, 2.05) is 25.1 Å². The molecule has 1 atom stereocenters. The third-order valence-corrected chi connectivity index (χ3v) is 6.02. The molecule has 1 saturated carbocycles. The molecule has 2 aliphatic rings. The van der Waals surface area contributed by atoms with Crippen LogP contribution in [0.1, 0.15) is 53.9 Å². The minimum absolute atomic E-state index is 0.0148. The number of carbonyl (C=O) groups is 1. The number of benzene rings is 1. The molecule has 0 bridgehead atoms. The molecule has 23 heavy (non-hydrogen) atoms. The molecule has 4 nitrogen and oxygen atoms in total. The van der Waals surface area contributed by atoms with E-state index in [2.05, 4.69) is 10.3 Å². The smallest absolute Gasteiger partial charge is 0.251 e. The molecule has 122 valence electrons. The summed E-state index contributed by atoms with van der Waals surface area (Å²) in [5, 5.41) is 4.18. The van der Waals surface area contributed by atoms with E-state index in [4.69, 9.17) is 4.74 Å². The Morgan fingerprint density at radius 1 is 1.35 bits per heavy atom. The SMILES string of the molecule is Cc1nc2cc(C(=O)N[C@H]3COC4(CCCCC4)C3)ccc2s1. The first-order chi connectivity index (χ1) is 11.1. The summed E-state index contributed by atoms with van der Waals surface area (Å²) in [5.41, 5.74) is 1.63. The van der Waals surface area contributed by atoms with Gasteiger partial charge in [0.2, 0.25) is 0 Å². The lowest BCUT2D eigenvalue weighted by Crippen LogP contribution is -2.37. The second kappa shape index (κ2) is 5.87. The number of aryl methyl sites for hydroxylation is 1. The topological polar surface area (TPSA) is 51.2 Å². The predicted octanol–water partition coefficient (Wildman–Crippen LogP) is 3.83. The predicted molar refractivity (Wildman–Crippen MR) is 92.0 cm³/mol. The van der Waals surface area contributed by atoms with E-state index in [0.717, 1.165) is 34.5 Å². The van der Waals surface area contributed by atoms with Crippen LogP contribution < -0.4 is 5.32 Å². The molecule has 1 aliphatic heterocycles. The van der Waals surface area contributed by atoms with Crippen LogP contribution in [0.15, 0.2) is 18.2 Å². The van der Waals surface area contributed by atoms with Crippen molar-refractivity contribution in [2.24, 2.45) is 0 Å². The maximum absolute atomic E-state index is 12.5. The minimum atomic E-state index is -0.0148. The van der Waals surface area contributed by atoms with Gasteiger partial charge in [0.05, 0.1) is 33.5 Å². The molecule has 1 spiro atoms. The number of hydrogen-bond donors (Lipinski definition) is 1. The number of nitrogens with one attached hydrogen (secondary N) is 1. The summed E-state index contributed by atoms with van der Waals surface area (Å²) in [4.78, 5) is 17.0. The molecule has 1 saturated heterocycles. The second-order valence-corrected chi connectivity index (χ2v) is 8.08. The summed E-state index contributed by atoms with van der Waals surface area (Å²) < 4.78 is 7.21. The van der Waals surface area contributed by atoms with Crippen LogP contribution in [0.3, 0.4) is 0 Å². The average molecular weight is 330 g/mol. The first-order valence-electron chi connectivity index (χ1n) is 8.46. The van der Waals surface area contributed by atoms with Crippen LogP contribution >= 0.6 is 11.3 Å². The van der Waals surface area contributed by atoms with Gasteiger partial charge in [-0.05, 0) is 44.4 Å². The molecular weight excluding hydrogens is 308 g/mol. The van der Waals surface area contributed by atoms with E-state index >= 15 is 0 Å². The minimum Gasteiger partial charge on any atom is -0.373 e. The van der Waals surface area contributed by atoms with Gasteiger partial charge in [-0.2, -0.15) is 0 Å². The summed E-state index contributed by atoms with van der Waals surface area (Å²) in [6, 6.07) is 5.90. The van der Waals surface area contributed by atoms with Crippen molar-refractivity contribution in [2.75, 3.05) is 6.61 Å². The van der Waals surface area contributed by atoms with Crippen molar-refractivity contribution >= 4 is 27.5 Å². The van der Waals surface area contributed by atoms with Crippen LogP contribution in [0.4, 0.5) is 0 Å². The van der Waals surface area contributed by atoms with Gasteiger partial charge in [-0.25, -0.2) is 4.98 Å². The average Bonchev–Trinajstić information content (AvgIpc) is 3.10. The van der Waals surface area contributed by atoms with E-state index in [-0.39, 0.29) is 17.6 Å². The van der Waals surface area contributed by atoms with Crippen molar-refractivity contribution in [3.05, 3.63) is 28.8 Å². The molecule has 0 radical (unpaired) electrons. The number of fused-ring (bicyclic) bond motifs is 1. The van der Waals surface area contributed by atoms with E-state index in [9.17, 15) is 4.79 Å². The first kappa shape index (κ1) is 15.1. The zero-order valence-corrected chi connectivity index (χ0v) is 14.2. The van der Waals surface area contributed by atoms with Crippen molar-refractivity contribution in [1.82, 2.24) is 10.3 Å². The van der Waals surface area contributed by atoms with Gasteiger partial charge in [0.25, 0.3) is 5.91 Å². The largest absolute Gasteiger partial charge is 0.373 e. The molecule has 5 heteroatoms. The lowest BCUT2D eigenvalue weighted by Gasteiger charge is -2.32. The maximum Gasteiger partial charge on any atom is 0.251 e. The number of thiazole rings is 1. The zero-order chi connectivity index (χ0) is 15.9. The fraction of sp³-hybridized carbons (Fsp3) is 0.556. The quantitative estimate of drug-likeness (QED) is 0.910. The number of aromatic nitrogens is 1. The highest BCUT2D eigenvalue weighted by Gasteiger charge is 2.41. The highest BCUT2D eigenvalue weighted by Crippen LogP contribution is 2.39. The highest BCUT2D eigenvalue weighted by molar-refractivity contribution is 7.18. The van der Waals surface area contributed by atoms with E-state index < -0.39 is 0 Å². The Labute approximate surface area is 140 Å². The molecular formula is C18H22N2O2S. The van der Waals surface area contributed by atoms with Gasteiger partial charge in [-0.1, -0.05) is 19.3 Å². The monoisotopic (exact) mass is 330 g/mol. The van der Waals surface area contributed by atoms with Gasteiger partial charge < -0.3 is 10.1 Å². The second-order valence-electron chi connectivity index (χ2n) is 6.84. The zero-order valence-electron chi connectivity index (χ0n) is 13.4. The molecule has 1 aliphatic carbocycles. The number of carbonyl (C=O) groups excluding carboxylic acids is 1. The van der Waals surface area contributed by atoms with Crippen molar-refractivity contribution in [1.29, 1.82) is 0 Å². The standard InChI is InChI=1S/C18H22N2O2S/c1-12-19-15-9-13(5-6-16(15)23-12)17(21)20-14-10-18(22-11-14)7-3-2-4-8-18/h5-6,9,14H,2-4,7-8,10-11H2,1H3,(H,20,21)/t14-/m1/s1. The molecule has 2 fully saturated rings. The normalized spacial score (nSPS) is 23.4. The number of amides is 1. The number of ether oxygens (including phenoxy) is 1. The van der Waals surface area contributed by atoms with Crippen LogP contribution in [0, 0.1) is 6.92 Å². The van der Waals surface area contributed by atoms with Crippen molar-refractivity contribution < 1.29 is 9.53 Å². The first-order valence-corrected chi connectivity index (χ1v) is 9.27. The number of rotatable bonds is 2. The number of hydrogen-bond acceptors (Lipinski definition) is 4. The van der Waals surface area contributed by atoms with E-state index in [1.165, 1.54) is 19.3 Å². The molecule has 1 aromatic heterocycles. The molecule has 1 N–H and O–H groups in total. The fourth-order valence-electron chi connectivity index (χ4n) is 3.93. The van der Waals surface area contributed by atoms with Gasteiger partial charge in [0.15, 0.2) is 0 Å². The van der Waals surface area contributed by atoms with Gasteiger partial charge in [0.1, 0.15) is 0 Å². The third-order valence-electron chi connectivity index (χ3n) is 5.07. The Morgan fingerprint density at radius 2 is 2.17 bits per heavy atom. The lowest BCUT2D eigenvalue weighted by molar-refractivity contribution is -0.0246. The Balaban J connectivity index is 1.44. The summed E-state index contributed by atoms with van der Waals surface area (Å²) >= 11 is 1.66. The van der Waals surface area contributed by atoms with Crippen molar-refractivity contribution in [3.8, 4) is 0 Å². The van der Waals surface area contributed by atoms with Gasteiger partial charge in [-0.15, -0.1) is 11.3 Å². The van der Waals surface area contributed by atoms with E-state index in [1.54, 1.807) is 11.3 Å². The summed E-state index contributed by atoms with van der Waals surface area (Å²) in [5.74, 6) is -0.0148. The van der Waals surface area contributed by atoms with Gasteiger partial charge in [0, 0.05) is 5.56 Å². The van der Waals surface area contributed by atoms with Gasteiger partial charge >= 0.3 is 0 Å². The molecule has 1 aromatic carbocycles. The van der Waals surface area contributed by atoms with Crippen LogP contribution in [-0.2, 0) is 4.74 Å². The maximum atomic E-state index is 12.5. The van der Waals surface area contributed by atoms with Crippen LogP contribution in [0.2, 0.25) is 0 Å². The summed E-state index contributed by atoms with van der Waals surface area (Å²) in [7, 11) is 0. The lowest BCUT2D eigenvalue weighted by atomic mass is 9.82. The molecule has 0 unspecified atom stereocenters. The Kier molecular flexibility index (Phi) is 3.85. The number of nitrogens with zero attached hydrogens (tertiary/aromatic N) is 1. The Bertz CT molecular complexity index is 734. The van der Waals surface area contributed by atoms with Crippen LogP contribution in [-0.4, -0.2) is 29.1 Å². The molecule has 2 aromatic rings. The Hall–Kier alpha value is -1.46. The fourth-order valence-corrected chi connectivity index (χ4v) is 4.74. The van der Waals surface area contributed by atoms with Crippen molar-refractivity contribution in [3.63, 3.8) is 0 Å². The van der Waals surface area contributed by atoms with Crippen LogP contribution in [0.5, 0.6) is 0 Å². The summed E-state index contributed by atoms with van der Waals surface area (Å²) in [6.07, 6.45) is 7.06. The molecule has 4 rings (SSSR count). The highest BCUT2D eigenvalue weighted by atomic mass is 32.1. The molecule has 1 amide bonds. The van der Waals surface area contributed by atoms with Gasteiger partial charge in [-0.3, -0.25) is 4.79 Å². The third kappa shape index (κ3) is 3.00. The Morgan fingerprint density at radius 3 is 3.00 bits per heavy atom. The van der Waals surface area contributed by atoms with Crippen LogP contribution in [0.25, 0.3) is 10.2 Å². The van der Waals surface area contributed by atoms with E-state index in [0.29, 0.717) is 12.2 Å². The van der Waals surface area contributed by atoms with Crippen molar-refractivity contribution in [2.45, 2.75) is 57.1 Å². The summed E-state index contributed by atoms with van der Waals surface area (Å²) in [6.45, 7) is 2.63.